The smallest absolute Gasteiger partial charge is 0.477 e. The maximum absolute atomic E-state index is 12.1. The lowest BCUT2D eigenvalue weighted by Crippen LogP contribution is -2.20. The maximum atomic E-state index is 12.1. The molecule has 17 heavy (non-hydrogen) atoms. The Morgan fingerprint density at radius 2 is 2.18 bits per heavy atom. The SMILES string of the molecule is O=C(O)c1cc(I)c(CBr)c(OC(F)(F)F)n1. The molecule has 0 saturated carbocycles. The summed E-state index contributed by atoms with van der Waals surface area (Å²) < 4.78 is 40.3. The van der Waals surface area contributed by atoms with E-state index in [1.54, 1.807) is 22.6 Å². The molecule has 1 aromatic heterocycles. The van der Waals surface area contributed by atoms with Crippen LogP contribution in [0.2, 0.25) is 0 Å². The number of carbonyl (C=O) groups is 1. The molecule has 0 fully saturated rings. The standard InChI is InChI=1S/C8H4BrF3INO3/c9-2-3-4(13)1-5(7(15)16)14-6(3)17-8(10,11)12/h1H,2H2,(H,15,16). The third-order valence-electron chi connectivity index (χ3n) is 1.60. The Morgan fingerprint density at radius 3 is 2.59 bits per heavy atom. The van der Waals surface area contributed by atoms with Crippen LogP contribution in [0.3, 0.4) is 0 Å². The summed E-state index contributed by atoms with van der Waals surface area (Å²) >= 11 is 4.70. The largest absolute Gasteiger partial charge is 0.574 e. The summed E-state index contributed by atoms with van der Waals surface area (Å²) in [5, 5.41) is 8.75. The lowest BCUT2D eigenvalue weighted by atomic mass is 10.2. The molecular weight excluding hydrogens is 422 g/mol. The average Bonchev–Trinajstić information content (AvgIpc) is 2.14. The highest BCUT2D eigenvalue weighted by atomic mass is 127. The summed E-state index contributed by atoms with van der Waals surface area (Å²) in [6.07, 6.45) is -4.91. The number of carboxylic acid groups (broad SMARTS) is 1. The molecule has 0 aliphatic rings. The molecule has 0 aliphatic heterocycles. The van der Waals surface area contributed by atoms with Gasteiger partial charge in [0.05, 0.1) is 0 Å². The third-order valence-corrected chi connectivity index (χ3v) is 3.12. The molecule has 0 bridgehead atoms. The number of hydrogen-bond acceptors (Lipinski definition) is 3. The Kier molecular flexibility index (Phi) is 4.58. The molecule has 0 unspecified atom stereocenters. The highest BCUT2D eigenvalue weighted by Gasteiger charge is 2.33. The highest BCUT2D eigenvalue weighted by molar-refractivity contribution is 14.1. The fraction of sp³-hybridized carbons (Fsp3) is 0.250. The molecule has 1 heterocycles. The summed E-state index contributed by atoms with van der Waals surface area (Å²) in [7, 11) is 0. The van der Waals surface area contributed by atoms with Crippen LogP contribution in [0.5, 0.6) is 5.88 Å². The van der Waals surface area contributed by atoms with Crippen LogP contribution in [-0.2, 0) is 5.33 Å². The normalized spacial score (nSPS) is 11.4. The van der Waals surface area contributed by atoms with E-state index in [0.717, 1.165) is 0 Å². The first-order valence-corrected chi connectivity index (χ1v) is 6.19. The summed E-state index contributed by atoms with van der Waals surface area (Å²) in [5.74, 6) is -2.17. The highest BCUT2D eigenvalue weighted by Crippen LogP contribution is 2.29. The first kappa shape index (κ1) is 14.5. The van der Waals surface area contributed by atoms with Crippen molar-refractivity contribution in [1.29, 1.82) is 0 Å². The lowest BCUT2D eigenvalue weighted by molar-refractivity contribution is -0.276. The third kappa shape index (κ3) is 3.98. The Hall–Kier alpha value is -0.580. The molecule has 1 N–H and O–H groups in total. The van der Waals surface area contributed by atoms with Gasteiger partial charge in [0.15, 0.2) is 5.69 Å². The van der Waals surface area contributed by atoms with Gasteiger partial charge in [0.25, 0.3) is 0 Å². The van der Waals surface area contributed by atoms with E-state index in [-0.39, 0.29) is 10.9 Å². The van der Waals surface area contributed by atoms with E-state index < -0.39 is 23.9 Å². The van der Waals surface area contributed by atoms with Gasteiger partial charge in [0.2, 0.25) is 5.88 Å². The van der Waals surface area contributed by atoms with Gasteiger partial charge < -0.3 is 9.84 Å². The molecule has 0 radical (unpaired) electrons. The van der Waals surface area contributed by atoms with Crippen molar-refractivity contribution in [2.75, 3.05) is 0 Å². The Labute approximate surface area is 115 Å². The molecule has 1 aromatic rings. The van der Waals surface area contributed by atoms with Crippen LogP contribution in [0.25, 0.3) is 0 Å². The second-order valence-corrected chi connectivity index (χ2v) is 4.48. The second-order valence-electron chi connectivity index (χ2n) is 2.76. The topological polar surface area (TPSA) is 59.4 Å². The summed E-state index contributed by atoms with van der Waals surface area (Å²) in [6.45, 7) is 0. The summed E-state index contributed by atoms with van der Waals surface area (Å²) in [5.41, 5.74) is -0.355. The van der Waals surface area contributed by atoms with E-state index in [1.807, 2.05) is 0 Å². The van der Waals surface area contributed by atoms with Gasteiger partial charge in [-0.15, -0.1) is 13.2 Å². The van der Waals surface area contributed by atoms with Crippen molar-refractivity contribution < 1.29 is 27.8 Å². The van der Waals surface area contributed by atoms with Crippen molar-refractivity contribution in [3.63, 3.8) is 0 Å². The molecule has 0 amide bonds. The first-order valence-electron chi connectivity index (χ1n) is 3.99. The number of rotatable bonds is 3. The molecule has 0 saturated heterocycles. The second kappa shape index (κ2) is 5.38. The van der Waals surface area contributed by atoms with Crippen LogP contribution in [0.4, 0.5) is 13.2 Å². The molecule has 0 atom stereocenters. The average molecular weight is 426 g/mol. The zero-order valence-electron chi connectivity index (χ0n) is 7.89. The van der Waals surface area contributed by atoms with E-state index in [9.17, 15) is 18.0 Å². The van der Waals surface area contributed by atoms with Crippen LogP contribution in [0.1, 0.15) is 16.1 Å². The number of ether oxygens (including phenoxy) is 1. The van der Waals surface area contributed by atoms with Gasteiger partial charge in [-0.1, -0.05) is 15.9 Å². The fourth-order valence-electron chi connectivity index (χ4n) is 0.943. The van der Waals surface area contributed by atoms with Crippen LogP contribution in [0, 0.1) is 3.57 Å². The molecule has 1 rings (SSSR count). The zero-order chi connectivity index (χ0) is 13.2. The van der Waals surface area contributed by atoms with E-state index in [2.05, 4.69) is 25.7 Å². The molecule has 4 nitrogen and oxygen atoms in total. The van der Waals surface area contributed by atoms with Crippen LogP contribution in [-0.4, -0.2) is 22.4 Å². The van der Waals surface area contributed by atoms with Crippen LogP contribution in [0.15, 0.2) is 6.07 Å². The van der Waals surface area contributed by atoms with Crippen LogP contribution < -0.4 is 4.74 Å². The fourth-order valence-corrected chi connectivity index (χ4v) is 2.73. The number of alkyl halides is 4. The predicted octanol–water partition coefficient (Wildman–Crippen LogP) is 3.18. The van der Waals surface area contributed by atoms with E-state index in [1.165, 1.54) is 6.07 Å². The van der Waals surface area contributed by atoms with Crippen molar-refractivity contribution in [3.8, 4) is 5.88 Å². The number of carboxylic acids is 1. The van der Waals surface area contributed by atoms with Crippen molar-refractivity contribution in [1.82, 2.24) is 4.98 Å². The van der Waals surface area contributed by atoms with Gasteiger partial charge in [0.1, 0.15) is 0 Å². The van der Waals surface area contributed by atoms with Crippen molar-refractivity contribution >= 4 is 44.5 Å². The Balaban J connectivity index is 3.29. The van der Waals surface area contributed by atoms with E-state index in [0.29, 0.717) is 3.57 Å². The number of pyridine rings is 1. The summed E-state index contributed by atoms with van der Waals surface area (Å²) in [4.78, 5) is 14.0. The van der Waals surface area contributed by atoms with Crippen molar-refractivity contribution in [2.45, 2.75) is 11.7 Å². The molecule has 0 aromatic carbocycles. The van der Waals surface area contributed by atoms with Gasteiger partial charge in [-0.05, 0) is 28.7 Å². The van der Waals surface area contributed by atoms with Gasteiger partial charge in [0, 0.05) is 14.5 Å². The number of nitrogens with zero attached hydrogens (tertiary/aromatic N) is 1. The van der Waals surface area contributed by atoms with E-state index >= 15 is 0 Å². The minimum Gasteiger partial charge on any atom is -0.477 e. The van der Waals surface area contributed by atoms with Gasteiger partial charge in [-0.25, -0.2) is 9.78 Å². The molecular formula is C8H4BrF3INO3. The first-order chi connectivity index (χ1) is 7.74. The Morgan fingerprint density at radius 1 is 1.59 bits per heavy atom. The zero-order valence-corrected chi connectivity index (χ0v) is 11.6. The maximum Gasteiger partial charge on any atom is 0.574 e. The minimum absolute atomic E-state index is 0.0730. The molecule has 0 aliphatic carbocycles. The van der Waals surface area contributed by atoms with Crippen molar-refractivity contribution in [2.24, 2.45) is 0 Å². The van der Waals surface area contributed by atoms with Crippen LogP contribution >= 0.6 is 38.5 Å². The predicted molar refractivity (Wildman–Crippen MR) is 63.2 cm³/mol. The Bertz CT molecular complexity index is 452. The number of hydrogen-bond donors (Lipinski definition) is 1. The number of aromatic carboxylic acids is 1. The van der Waals surface area contributed by atoms with E-state index in [4.69, 9.17) is 5.11 Å². The van der Waals surface area contributed by atoms with Gasteiger partial charge in [-0.2, -0.15) is 0 Å². The number of aromatic nitrogens is 1. The molecule has 9 heteroatoms. The molecule has 0 spiro atoms. The van der Waals surface area contributed by atoms with Gasteiger partial charge >= 0.3 is 12.3 Å². The number of halogens is 5. The molecule has 94 valence electrons. The van der Waals surface area contributed by atoms with Crippen molar-refractivity contribution in [3.05, 3.63) is 20.9 Å². The minimum atomic E-state index is -4.91. The lowest BCUT2D eigenvalue weighted by Gasteiger charge is -2.12. The summed E-state index contributed by atoms with van der Waals surface area (Å²) in [6, 6.07) is 1.17. The van der Waals surface area contributed by atoms with Gasteiger partial charge in [-0.3, -0.25) is 0 Å². The monoisotopic (exact) mass is 425 g/mol. The quantitative estimate of drug-likeness (QED) is 0.597.